The minimum absolute atomic E-state index is 0.101. The SMILES string of the molecule is COC1CCN(C(=O)[C@H](N)CCSC)CC1. The van der Waals surface area contributed by atoms with Crippen molar-refractivity contribution in [1.82, 2.24) is 4.90 Å². The molecule has 2 N–H and O–H groups in total. The van der Waals surface area contributed by atoms with E-state index >= 15 is 0 Å². The van der Waals surface area contributed by atoms with Gasteiger partial charge >= 0.3 is 0 Å². The Balaban J connectivity index is 2.32. The molecule has 0 aliphatic carbocycles. The summed E-state index contributed by atoms with van der Waals surface area (Å²) in [5, 5.41) is 0. The summed E-state index contributed by atoms with van der Waals surface area (Å²) < 4.78 is 5.27. The average molecular weight is 246 g/mol. The maximum atomic E-state index is 11.9. The van der Waals surface area contributed by atoms with Crippen LogP contribution in [0.2, 0.25) is 0 Å². The molecule has 1 atom stereocenters. The van der Waals surface area contributed by atoms with Crippen LogP contribution in [0.1, 0.15) is 19.3 Å². The monoisotopic (exact) mass is 246 g/mol. The van der Waals surface area contributed by atoms with E-state index in [0.717, 1.165) is 38.1 Å². The van der Waals surface area contributed by atoms with Crippen molar-refractivity contribution >= 4 is 17.7 Å². The number of thioether (sulfide) groups is 1. The van der Waals surface area contributed by atoms with Crippen LogP contribution in [0.3, 0.4) is 0 Å². The molecule has 1 amide bonds. The van der Waals surface area contributed by atoms with Gasteiger partial charge < -0.3 is 15.4 Å². The van der Waals surface area contributed by atoms with Crippen LogP contribution in [-0.4, -0.2) is 55.2 Å². The number of carbonyl (C=O) groups is 1. The number of ether oxygens (including phenoxy) is 1. The van der Waals surface area contributed by atoms with Crippen LogP contribution < -0.4 is 5.73 Å². The summed E-state index contributed by atoms with van der Waals surface area (Å²) in [6.45, 7) is 1.56. The van der Waals surface area contributed by atoms with E-state index in [1.165, 1.54) is 0 Å². The second-order valence-corrected chi connectivity index (χ2v) is 5.13. The van der Waals surface area contributed by atoms with E-state index in [2.05, 4.69) is 0 Å². The lowest BCUT2D eigenvalue weighted by Crippen LogP contribution is -2.48. The lowest BCUT2D eigenvalue weighted by Gasteiger charge is -2.32. The number of carbonyl (C=O) groups excluding carboxylic acids is 1. The van der Waals surface area contributed by atoms with Gasteiger partial charge in [-0.25, -0.2) is 0 Å². The van der Waals surface area contributed by atoms with Crippen molar-refractivity contribution in [3.63, 3.8) is 0 Å². The smallest absolute Gasteiger partial charge is 0.239 e. The van der Waals surface area contributed by atoms with Gasteiger partial charge in [0.05, 0.1) is 12.1 Å². The van der Waals surface area contributed by atoms with E-state index in [-0.39, 0.29) is 11.9 Å². The summed E-state index contributed by atoms with van der Waals surface area (Å²) in [5.41, 5.74) is 5.87. The van der Waals surface area contributed by atoms with Crippen molar-refractivity contribution in [2.45, 2.75) is 31.4 Å². The topological polar surface area (TPSA) is 55.6 Å². The molecule has 1 heterocycles. The number of likely N-dealkylation sites (tertiary alicyclic amines) is 1. The van der Waals surface area contributed by atoms with Gasteiger partial charge in [0.1, 0.15) is 0 Å². The molecule has 4 nitrogen and oxygen atoms in total. The molecular weight excluding hydrogens is 224 g/mol. The number of rotatable bonds is 5. The van der Waals surface area contributed by atoms with Gasteiger partial charge in [-0.05, 0) is 31.3 Å². The Morgan fingerprint density at radius 2 is 2.19 bits per heavy atom. The van der Waals surface area contributed by atoms with Gasteiger partial charge in [0.2, 0.25) is 5.91 Å². The molecule has 0 aromatic rings. The van der Waals surface area contributed by atoms with E-state index in [1.54, 1.807) is 18.9 Å². The highest BCUT2D eigenvalue weighted by molar-refractivity contribution is 7.98. The van der Waals surface area contributed by atoms with E-state index in [9.17, 15) is 4.79 Å². The molecule has 1 saturated heterocycles. The van der Waals surface area contributed by atoms with Crippen molar-refractivity contribution in [2.75, 3.05) is 32.2 Å². The molecular formula is C11H22N2O2S. The van der Waals surface area contributed by atoms with E-state index in [1.807, 2.05) is 11.2 Å². The molecule has 5 heteroatoms. The van der Waals surface area contributed by atoms with Gasteiger partial charge in [-0.2, -0.15) is 11.8 Å². The molecule has 0 bridgehead atoms. The first-order valence-corrected chi connectivity index (χ1v) is 7.14. The van der Waals surface area contributed by atoms with Crippen molar-refractivity contribution < 1.29 is 9.53 Å². The third-order valence-corrected chi connectivity index (χ3v) is 3.68. The third-order valence-electron chi connectivity index (χ3n) is 3.04. The minimum Gasteiger partial charge on any atom is -0.381 e. The largest absolute Gasteiger partial charge is 0.381 e. The van der Waals surface area contributed by atoms with E-state index < -0.39 is 0 Å². The number of hydrogen-bond donors (Lipinski definition) is 1. The summed E-state index contributed by atoms with van der Waals surface area (Å²) in [7, 11) is 1.73. The highest BCUT2D eigenvalue weighted by atomic mass is 32.2. The Bertz CT molecular complexity index is 218. The minimum atomic E-state index is -0.327. The van der Waals surface area contributed by atoms with Crippen LogP contribution in [0.15, 0.2) is 0 Å². The molecule has 1 rings (SSSR count). The predicted octanol–water partition coefficient (Wildman–Crippen LogP) is 0.704. The van der Waals surface area contributed by atoms with Gasteiger partial charge in [-0.1, -0.05) is 0 Å². The van der Waals surface area contributed by atoms with Crippen molar-refractivity contribution in [2.24, 2.45) is 5.73 Å². The molecule has 1 fully saturated rings. The van der Waals surface area contributed by atoms with Gasteiger partial charge in [-0.15, -0.1) is 0 Å². The summed E-state index contributed by atoms with van der Waals surface area (Å²) in [5.74, 6) is 1.05. The van der Waals surface area contributed by atoms with E-state index in [0.29, 0.717) is 6.10 Å². The van der Waals surface area contributed by atoms with Gasteiger partial charge in [0.25, 0.3) is 0 Å². The standard InChI is InChI=1S/C11H22N2O2S/c1-15-9-3-6-13(7-4-9)11(14)10(12)5-8-16-2/h9-10H,3-8,12H2,1-2H3/t10-/m1/s1. The Labute approximate surface area is 102 Å². The zero-order valence-corrected chi connectivity index (χ0v) is 11.0. The summed E-state index contributed by atoms with van der Waals surface area (Å²) in [6.07, 6.45) is 4.96. The second-order valence-electron chi connectivity index (χ2n) is 4.15. The van der Waals surface area contributed by atoms with E-state index in [4.69, 9.17) is 10.5 Å². The summed E-state index contributed by atoms with van der Waals surface area (Å²) in [4.78, 5) is 13.8. The van der Waals surface area contributed by atoms with Crippen LogP contribution in [0.25, 0.3) is 0 Å². The van der Waals surface area contributed by atoms with Crippen LogP contribution in [0.5, 0.6) is 0 Å². The maximum Gasteiger partial charge on any atom is 0.239 e. The first kappa shape index (κ1) is 13.8. The number of hydrogen-bond acceptors (Lipinski definition) is 4. The number of piperidine rings is 1. The Kier molecular flexibility index (Phi) is 6.16. The predicted molar refractivity (Wildman–Crippen MR) is 67.6 cm³/mol. The molecule has 0 unspecified atom stereocenters. The van der Waals surface area contributed by atoms with Gasteiger partial charge in [0.15, 0.2) is 0 Å². The van der Waals surface area contributed by atoms with Crippen LogP contribution in [0, 0.1) is 0 Å². The first-order chi connectivity index (χ1) is 7.69. The molecule has 16 heavy (non-hydrogen) atoms. The van der Waals surface area contributed by atoms with Crippen molar-refractivity contribution in [3.05, 3.63) is 0 Å². The first-order valence-electron chi connectivity index (χ1n) is 5.75. The molecule has 0 spiro atoms. The zero-order valence-electron chi connectivity index (χ0n) is 10.1. The number of nitrogens with two attached hydrogens (primary N) is 1. The lowest BCUT2D eigenvalue weighted by molar-refractivity contribution is -0.134. The second kappa shape index (κ2) is 7.14. The zero-order chi connectivity index (χ0) is 12.0. The molecule has 0 saturated carbocycles. The molecule has 1 aliphatic rings. The number of methoxy groups -OCH3 is 1. The molecule has 1 aliphatic heterocycles. The van der Waals surface area contributed by atoms with Crippen LogP contribution in [-0.2, 0) is 9.53 Å². The Hall–Kier alpha value is -0.260. The maximum absolute atomic E-state index is 11.9. The fourth-order valence-corrected chi connectivity index (χ4v) is 2.40. The fraction of sp³-hybridized carbons (Fsp3) is 0.909. The normalized spacial score (nSPS) is 19.8. The molecule has 0 aromatic carbocycles. The summed E-state index contributed by atoms with van der Waals surface area (Å²) >= 11 is 1.73. The highest BCUT2D eigenvalue weighted by Crippen LogP contribution is 2.14. The highest BCUT2D eigenvalue weighted by Gasteiger charge is 2.25. The van der Waals surface area contributed by atoms with Crippen molar-refractivity contribution in [3.8, 4) is 0 Å². The van der Waals surface area contributed by atoms with Crippen LogP contribution >= 0.6 is 11.8 Å². The lowest BCUT2D eigenvalue weighted by atomic mass is 10.1. The fourth-order valence-electron chi connectivity index (χ4n) is 1.91. The molecule has 0 aromatic heterocycles. The van der Waals surface area contributed by atoms with Crippen LogP contribution in [0.4, 0.5) is 0 Å². The number of nitrogens with zero attached hydrogens (tertiary/aromatic N) is 1. The molecule has 0 radical (unpaired) electrons. The quantitative estimate of drug-likeness (QED) is 0.776. The average Bonchev–Trinajstić information content (AvgIpc) is 2.35. The van der Waals surface area contributed by atoms with Crippen molar-refractivity contribution in [1.29, 1.82) is 0 Å². The summed E-state index contributed by atoms with van der Waals surface area (Å²) in [6, 6.07) is -0.327. The van der Waals surface area contributed by atoms with Gasteiger partial charge in [-0.3, -0.25) is 4.79 Å². The third kappa shape index (κ3) is 3.96. The van der Waals surface area contributed by atoms with Gasteiger partial charge in [0, 0.05) is 20.2 Å². The Morgan fingerprint density at radius 3 is 2.69 bits per heavy atom. The molecule has 94 valence electrons. The number of amides is 1. The Morgan fingerprint density at radius 1 is 1.56 bits per heavy atom.